The Labute approximate surface area is 137 Å². The molecule has 0 bridgehead atoms. The fraction of sp³-hybridized carbons (Fsp3) is 0.286. The van der Waals surface area contributed by atoms with E-state index in [0.29, 0.717) is 17.6 Å². The minimum atomic E-state index is -0.287. The smallest absolute Gasteiger partial charge is 0.252 e. The molecule has 0 saturated carbocycles. The zero-order valence-electron chi connectivity index (χ0n) is 11.5. The van der Waals surface area contributed by atoms with Gasteiger partial charge in [-0.3, -0.25) is 9.59 Å². The Hall–Kier alpha value is -1.37. The predicted molar refractivity (Wildman–Crippen MR) is 90.4 cm³/mol. The summed E-state index contributed by atoms with van der Waals surface area (Å²) in [6.07, 6.45) is 0.840. The molecule has 1 aromatic carbocycles. The second kappa shape index (κ2) is 8.17. The van der Waals surface area contributed by atoms with Crippen LogP contribution in [0.2, 0.25) is 0 Å². The molecule has 1 amide bonds. The number of para-hydroxylation sites is 1. The first-order chi connectivity index (χ1) is 9.63. The summed E-state index contributed by atoms with van der Waals surface area (Å²) in [7, 11) is 1.86. The van der Waals surface area contributed by atoms with Gasteiger partial charge in [-0.2, -0.15) is 0 Å². The predicted octanol–water partition coefficient (Wildman–Crippen LogP) is 2.05. The minimum Gasteiger partial charge on any atom is -0.352 e. The van der Waals surface area contributed by atoms with Gasteiger partial charge in [0.2, 0.25) is 5.56 Å². The number of aromatic amines is 1. The van der Waals surface area contributed by atoms with Gasteiger partial charge in [-0.05, 0) is 42.0 Å². The molecule has 0 aliphatic rings. The van der Waals surface area contributed by atoms with Crippen LogP contribution in [-0.2, 0) is 0 Å². The Morgan fingerprint density at radius 1 is 1.33 bits per heavy atom. The number of pyridine rings is 1. The molecule has 5 nitrogen and oxygen atoms in total. The van der Waals surface area contributed by atoms with E-state index in [-0.39, 0.29) is 23.9 Å². The number of benzene rings is 1. The molecule has 0 unspecified atom stereocenters. The van der Waals surface area contributed by atoms with Crippen molar-refractivity contribution in [2.24, 2.45) is 0 Å². The number of amides is 1. The van der Waals surface area contributed by atoms with Gasteiger partial charge < -0.3 is 15.6 Å². The molecule has 0 fully saturated rings. The summed E-state index contributed by atoms with van der Waals surface area (Å²) in [6.45, 7) is 1.41. The van der Waals surface area contributed by atoms with E-state index in [0.717, 1.165) is 22.8 Å². The Bertz CT molecular complexity index is 687. The number of nitrogens with one attached hydrogen (secondary N) is 3. The topological polar surface area (TPSA) is 74.0 Å². The first kappa shape index (κ1) is 17.7. The third-order valence-corrected chi connectivity index (χ3v) is 3.62. The molecule has 1 heterocycles. The number of H-pyrrole nitrogens is 1. The largest absolute Gasteiger partial charge is 0.352 e. The van der Waals surface area contributed by atoms with Crippen LogP contribution in [0.25, 0.3) is 10.9 Å². The lowest BCUT2D eigenvalue weighted by Gasteiger charge is -2.08. The molecule has 0 atom stereocenters. The highest BCUT2D eigenvalue weighted by molar-refractivity contribution is 9.10. The number of fused-ring (bicyclic) bond motifs is 1. The molecule has 0 saturated heterocycles. The summed E-state index contributed by atoms with van der Waals surface area (Å²) >= 11 is 3.38. The van der Waals surface area contributed by atoms with Gasteiger partial charge in [0, 0.05) is 22.5 Å². The van der Waals surface area contributed by atoms with Crippen LogP contribution >= 0.6 is 28.3 Å². The molecule has 7 heteroatoms. The molecule has 2 rings (SSSR count). The van der Waals surface area contributed by atoms with Crippen molar-refractivity contribution in [1.82, 2.24) is 15.6 Å². The van der Waals surface area contributed by atoms with Crippen LogP contribution in [0.3, 0.4) is 0 Å². The summed E-state index contributed by atoms with van der Waals surface area (Å²) < 4.78 is 0.761. The summed E-state index contributed by atoms with van der Waals surface area (Å²) in [5, 5.41) is 6.57. The SMILES string of the molecule is CNCCCNC(=O)c1cc(=O)[nH]c2c(Br)cccc12.Cl. The van der Waals surface area contributed by atoms with Crippen LogP contribution < -0.4 is 16.2 Å². The van der Waals surface area contributed by atoms with E-state index in [4.69, 9.17) is 0 Å². The molecular formula is C14H17BrClN3O2. The van der Waals surface area contributed by atoms with Gasteiger partial charge in [-0.25, -0.2) is 0 Å². The molecule has 3 N–H and O–H groups in total. The number of carbonyl (C=O) groups is 1. The summed E-state index contributed by atoms with van der Waals surface area (Å²) in [4.78, 5) is 26.6. The fourth-order valence-corrected chi connectivity index (χ4v) is 2.46. The summed E-state index contributed by atoms with van der Waals surface area (Å²) in [6, 6.07) is 6.82. The third-order valence-electron chi connectivity index (χ3n) is 2.96. The zero-order valence-corrected chi connectivity index (χ0v) is 13.9. The van der Waals surface area contributed by atoms with Crippen molar-refractivity contribution < 1.29 is 4.79 Å². The molecule has 0 aliphatic heterocycles. The van der Waals surface area contributed by atoms with Gasteiger partial charge in [0.05, 0.1) is 11.1 Å². The Kier molecular flexibility index (Phi) is 6.87. The fourth-order valence-electron chi connectivity index (χ4n) is 1.99. The van der Waals surface area contributed by atoms with Crippen LogP contribution in [0.15, 0.2) is 33.5 Å². The Morgan fingerprint density at radius 3 is 2.81 bits per heavy atom. The van der Waals surface area contributed by atoms with E-state index in [9.17, 15) is 9.59 Å². The molecular weight excluding hydrogens is 358 g/mol. The van der Waals surface area contributed by atoms with Crippen molar-refractivity contribution in [2.75, 3.05) is 20.1 Å². The highest BCUT2D eigenvalue weighted by Gasteiger charge is 2.12. The highest BCUT2D eigenvalue weighted by Crippen LogP contribution is 2.23. The third kappa shape index (κ3) is 4.30. The Morgan fingerprint density at radius 2 is 2.10 bits per heavy atom. The molecule has 0 spiro atoms. The van der Waals surface area contributed by atoms with Crippen LogP contribution in [0, 0.1) is 0 Å². The maximum absolute atomic E-state index is 12.2. The van der Waals surface area contributed by atoms with Crippen molar-refractivity contribution in [3.63, 3.8) is 0 Å². The van der Waals surface area contributed by atoms with Gasteiger partial charge in [-0.15, -0.1) is 12.4 Å². The average molecular weight is 375 g/mol. The van der Waals surface area contributed by atoms with E-state index in [1.807, 2.05) is 25.2 Å². The highest BCUT2D eigenvalue weighted by atomic mass is 79.9. The molecule has 2 aromatic rings. The number of carbonyl (C=O) groups excluding carboxylic acids is 1. The molecule has 21 heavy (non-hydrogen) atoms. The zero-order chi connectivity index (χ0) is 14.5. The first-order valence-corrected chi connectivity index (χ1v) is 7.17. The van der Waals surface area contributed by atoms with Crippen LogP contribution in [0.4, 0.5) is 0 Å². The van der Waals surface area contributed by atoms with E-state index in [2.05, 4.69) is 31.5 Å². The Balaban J connectivity index is 0.00000220. The minimum absolute atomic E-state index is 0. The first-order valence-electron chi connectivity index (χ1n) is 6.38. The second-order valence-electron chi connectivity index (χ2n) is 4.42. The van der Waals surface area contributed by atoms with Crippen molar-refractivity contribution in [3.05, 3.63) is 44.7 Å². The monoisotopic (exact) mass is 373 g/mol. The second-order valence-corrected chi connectivity index (χ2v) is 5.28. The van der Waals surface area contributed by atoms with E-state index >= 15 is 0 Å². The van der Waals surface area contributed by atoms with Gasteiger partial charge in [0.1, 0.15) is 0 Å². The van der Waals surface area contributed by atoms with Gasteiger partial charge in [-0.1, -0.05) is 12.1 Å². The molecule has 114 valence electrons. The lowest BCUT2D eigenvalue weighted by Crippen LogP contribution is -2.27. The van der Waals surface area contributed by atoms with Gasteiger partial charge >= 0.3 is 0 Å². The lowest BCUT2D eigenvalue weighted by atomic mass is 10.1. The summed E-state index contributed by atoms with van der Waals surface area (Å²) in [5.41, 5.74) is 0.750. The average Bonchev–Trinajstić information content (AvgIpc) is 2.43. The van der Waals surface area contributed by atoms with Crippen LogP contribution in [0.1, 0.15) is 16.8 Å². The van der Waals surface area contributed by atoms with Gasteiger partial charge in [0.25, 0.3) is 5.91 Å². The van der Waals surface area contributed by atoms with Crippen molar-refractivity contribution >= 4 is 45.1 Å². The maximum Gasteiger partial charge on any atom is 0.252 e. The number of hydrogen-bond acceptors (Lipinski definition) is 3. The van der Waals surface area contributed by atoms with E-state index < -0.39 is 0 Å². The maximum atomic E-state index is 12.2. The number of aromatic nitrogens is 1. The normalized spacial score (nSPS) is 10.2. The van der Waals surface area contributed by atoms with Crippen molar-refractivity contribution in [1.29, 1.82) is 0 Å². The van der Waals surface area contributed by atoms with Crippen molar-refractivity contribution in [2.45, 2.75) is 6.42 Å². The summed E-state index contributed by atoms with van der Waals surface area (Å²) in [5.74, 6) is -0.227. The van der Waals surface area contributed by atoms with E-state index in [1.54, 1.807) is 0 Å². The molecule has 0 radical (unpaired) electrons. The van der Waals surface area contributed by atoms with E-state index in [1.165, 1.54) is 6.07 Å². The molecule has 0 aliphatic carbocycles. The number of hydrogen-bond donors (Lipinski definition) is 3. The number of rotatable bonds is 5. The van der Waals surface area contributed by atoms with Crippen LogP contribution in [0.5, 0.6) is 0 Å². The number of halogens is 2. The standard InChI is InChI=1S/C14H16BrN3O2.ClH/c1-16-6-3-7-17-14(20)10-8-12(19)18-13-9(10)4-2-5-11(13)15;/h2,4-5,8,16H,3,6-7H2,1H3,(H,17,20)(H,18,19);1H. The van der Waals surface area contributed by atoms with Crippen LogP contribution in [-0.4, -0.2) is 31.0 Å². The van der Waals surface area contributed by atoms with Gasteiger partial charge in [0.15, 0.2) is 0 Å². The molecule has 1 aromatic heterocycles. The quantitative estimate of drug-likeness (QED) is 0.701. The van der Waals surface area contributed by atoms with Crippen molar-refractivity contribution in [3.8, 4) is 0 Å². The lowest BCUT2D eigenvalue weighted by molar-refractivity contribution is 0.0955.